The Morgan fingerprint density at radius 1 is 1.29 bits per heavy atom. The van der Waals surface area contributed by atoms with Gasteiger partial charge < -0.3 is 18.8 Å². The van der Waals surface area contributed by atoms with Gasteiger partial charge in [-0.15, -0.1) is 0 Å². The lowest BCUT2D eigenvalue weighted by molar-refractivity contribution is -0.148. The molecule has 3 rings (SSSR count). The number of esters is 1. The van der Waals surface area contributed by atoms with Gasteiger partial charge in [0.2, 0.25) is 5.78 Å². The molecule has 1 aromatic carbocycles. The van der Waals surface area contributed by atoms with Crippen molar-refractivity contribution in [1.29, 1.82) is 0 Å². The molecule has 0 spiro atoms. The number of Topliss-reactive ketones (excluding diaryl/α,β-unsaturated/α-hetero) is 1. The fourth-order valence-electron chi connectivity index (χ4n) is 3.46. The van der Waals surface area contributed by atoms with Crippen LogP contribution in [0.4, 0.5) is 0 Å². The smallest absolute Gasteiger partial charge is 0.313 e. The molecule has 7 heteroatoms. The van der Waals surface area contributed by atoms with Crippen LogP contribution < -0.4 is 4.74 Å². The van der Waals surface area contributed by atoms with E-state index in [9.17, 15) is 9.59 Å². The Bertz CT molecular complexity index is 889. The quantitative estimate of drug-likeness (QED) is 0.522. The number of aryl methyl sites for hydroxylation is 1. The zero-order valence-electron chi connectivity index (χ0n) is 16.3. The predicted molar refractivity (Wildman–Crippen MR) is 105 cm³/mol. The monoisotopic (exact) mass is 405 g/mol. The highest BCUT2D eigenvalue weighted by Gasteiger charge is 2.28. The zero-order chi connectivity index (χ0) is 20.3. The van der Waals surface area contributed by atoms with Crippen molar-refractivity contribution in [2.45, 2.75) is 26.8 Å². The molecule has 2 heterocycles. The second-order valence-electron chi connectivity index (χ2n) is 6.92. The Morgan fingerprint density at radius 2 is 2.07 bits per heavy atom. The molecule has 2 aromatic rings. The van der Waals surface area contributed by atoms with Crippen LogP contribution in [0.25, 0.3) is 0 Å². The van der Waals surface area contributed by atoms with Crippen LogP contribution in [0.2, 0.25) is 5.02 Å². The molecule has 150 valence electrons. The van der Waals surface area contributed by atoms with Gasteiger partial charge in [-0.2, -0.15) is 0 Å². The number of methoxy groups -OCH3 is 1. The van der Waals surface area contributed by atoms with Gasteiger partial charge in [0.25, 0.3) is 0 Å². The zero-order valence-corrected chi connectivity index (χ0v) is 17.0. The van der Waals surface area contributed by atoms with Gasteiger partial charge >= 0.3 is 5.97 Å². The summed E-state index contributed by atoms with van der Waals surface area (Å²) in [5.74, 6) is -0.376. The Balaban J connectivity index is 1.60. The first kappa shape index (κ1) is 20.4. The molecule has 6 nitrogen and oxygen atoms in total. The number of halogens is 1. The fourth-order valence-corrected chi connectivity index (χ4v) is 3.65. The van der Waals surface area contributed by atoms with Gasteiger partial charge in [-0.05, 0) is 50.1 Å². The molecule has 28 heavy (non-hydrogen) atoms. The number of carbonyl (C=O) groups is 2. The number of aromatic nitrogens is 1. The number of fused-ring (bicyclic) bond motifs is 1. The van der Waals surface area contributed by atoms with Crippen molar-refractivity contribution < 1.29 is 23.8 Å². The number of hydrogen-bond donors (Lipinski definition) is 0. The van der Waals surface area contributed by atoms with Crippen molar-refractivity contribution in [2.75, 3.05) is 26.9 Å². The lowest BCUT2D eigenvalue weighted by Gasteiger charge is -2.24. The molecule has 0 aliphatic carbocycles. The largest absolute Gasteiger partial charge is 0.492 e. The second kappa shape index (κ2) is 8.80. The van der Waals surface area contributed by atoms with E-state index < -0.39 is 11.9 Å². The molecular weight excluding hydrogens is 382 g/mol. The van der Waals surface area contributed by atoms with Gasteiger partial charge in [-0.1, -0.05) is 11.6 Å². The van der Waals surface area contributed by atoms with Crippen LogP contribution >= 0.6 is 11.6 Å². The van der Waals surface area contributed by atoms with Crippen molar-refractivity contribution in [2.24, 2.45) is 5.92 Å². The number of carbonyl (C=O) groups excluding carboxylic acids is 2. The van der Waals surface area contributed by atoms with Crippen LogP contribution in [0.3, 0.4) is 0 Å². The molecule has 0 fully saturated rings. The molecule has 0 unspecified atom stereocenters. The Labute approximate surface area is 169 Å². The second-order valence-corrected chi connectivity index (χ2v) is 7.36. The van der Waals surface area contributed by atoms with Crippen LogP contribution in [-0.2, 0) is 27.2 Å². The number of nitrogens with zero attached hydrogens (tertiary/aromatic N) is 1. The van der Waals surface area contributed by atoms with E-state index in [1.165, 1.54) is 0 Å². The summed E-state index contributed by atoms with van der Waals surface area (Å²) < 4.78 is 18.0. The average Bonchev–Trinajstić information content (AvgIpc) is 2.97. The van der Waals surface area contributed by atoms with E-state index in [1.807, 2.05) is 24.5 Å². The first-order chi connectivity index (χ1) is 13.4. The molecule has 1 aliphatic rings. The molecule has 0 radical (unpaired) electrons. The molecule has 0 saturated carbocycles. The van der Waals surface area contributed by atoms with Crippen LogP contribution in [0.1, 0.15) is 27.3 Å². The summed E-state index contributed by atoms with van der Waals surface area (Å²) in [6.07, 6.45) is 0.481. The topological polar surface area (TPSA) is 66.8 Å². The van der Waals surface area contributed by atoms with E-state index >= 15 is 0 Å². The minimum absolute atomic E-state index is 0.217. The molecule has 0 saturated heterocycles. The van der Waals surface area contributed by atoms with Crippen molar-refractivity contribution in [3.63, 3.8) is 0 Å². The Morgan fingerprint density at radius 3 is 2.82 bits per heavy atom. The molecule has 0 N–H and O–H groups in total. The fraction of sp³-hybridized carbons (Fsp3) is 0.429. The maximum Gasteiger partial charge on any atom is 0.313 e. The molecular formula is C21H24ClNO5. The average molecular weight is 406 g/mol. The number of ether oxygens (including phenoxy) is 3. The van der Waals surface area contributed by atoms with Crippen LogP contribution in [0.15, 0.2) is 24.3 Å². The van der Waals surface area contributed by atoms with E-state index in [1.54, 1.807) is 25.3 Å². The van der Waals surface area contributed by atoms with Gasteiger partial charge in [0.15, 0.2) is 6.61 Å². The predicted octanol–water partition coefficient (Wildman–Crippen LogP) is 3.38. The summed E-state index contributed by atoms with van der Waals surface area (Å²) >= 11 is 6.01. The summed E-state index contributed by atoms with van der Waals surface area (Å²) in [4.78, 5) is 25.0. The molecule has 1 aromatic heterocycles. The Hall–Kier alpha value is -2.31. The van der Waals surface area contributed by atoms with Gasteiger partial charge in [-0.3, -0.25) is 9.59 Å². The first-order valence-corrected chi connectivity index (χ1v) is 9.55. The summed E-state index contributed by atoms with van der Waals surface area (Å²) in [5.41, 5.74) is 3.26. The van der Waals surface area contributed by atoms with Gasteiger partial charge in [0, 0.05) is 35.6 Å². The third-order valence-corrected chi connectivity index (χ3v) is 5.24. The lowest BCUT2D eigenvalue weighted by Crippen LogP contribution is -2.31. The van der Waals surface area contributed by atoms with E-state index in [-0.39, 0.29) is 19.0 Å². The minimum atomic E-state index is -0.451. The van der Waals surface area contributed by atoms with E-state index in [4.69, 9.17) is 25.8 Å². The summed E-state index contributed by atoms with van der Waals surface area (Å²) in [6, 6.07) is 7.16. The van der Waals surface area contributed by atoms with E-state index in [0.29, 0.717) is 30.2 Å². The third-order valence-electron chi connectivity index (χ3n) is 5.00. The highest BCUT2D eigenvalue weighted by molar-refractivity contribution is 6.30. The van der Waals surface area contributed by atoms with E-state index in [0.717, 1.165) is 22.7 Å². The van der Waals surface area contributed by atoms with Gasteiger partial charge in [0.05, 0.1) is 12.5 Å². The van der Waals surface area contributed by atoms with Crippen LogP contribution in [0, 0.1) is 19.8 Å². The number of rotatable bonds is 7. The maximum atomic E-state index is 12.6. The Kier molecular flexibility index (Phi) is 6.42. The third kappa shape index (κ3) is 4.39. The highest BCUT2D eigenvalue weighted by atomic mass is 35.5. The lowest BCUT2D eigenvalue weighted by atomic mass is 9.97. The van der Waals surface area contributed by atoms with Crippen molar-refractivity contribution in [1.82, 2.24) is 4.57 Å². The standard InChI is InChI=1S/C21H24ClNO5/c1-13-8-18(14(2)23(13)6-7-26-3)19(24)12-28-21(25)16-9-15-10-17(22)4-5-20(15)27-11-16/h4-5,8,10,16H,6-7,9,11-12H2,1-3H3/t16-/m0/s1. The normalized spacial score (nSPS) is 15.6. The van der Waals surface area contributed by atoms with Gasteiger partial charge in [0.1, 0.15) is 12.4 Å². The molecule has 0 amide bonds. The molecule has 0 bridgehead atoms. The molecule has 1 aliphatic heterocycles. The van der Waals surface area contributed by atoms with Crippen molar-refractivity contribution >= 4 is 23.4 Å². The maximum absolute atomic E-state index is 12.6. The molecule has 1 atom stereocenters. The number of hydrogen-bond acceptors (Lipinski definition) is 5. The SMILES string of the molecule is COCCn1c(C)cc(C(=O)COC(=O)[C@@H]2COc3ccc(Cl)cc3C2)c1C. The number of ketones is 1. The van der Waals surface area contributed by atoms with Gasteiger partial charge in [-0.25, -0.2) is 0 Å². The highest BCUT2D eigenvalue weighted by Crippen LogP contribution is 2.30. The minimum Gasteiger partial charge on any atom is -0.492 e. The summed E-state index contributed by atoms with van der Waals surface area (Å²) in [5, 5.41) is 0.593. The van der Waals surface area contributed by atoms with Crippen LogP contribution in [-0.4, -0.2) is 43.3 Å². The summed E-state index contributed by atoms with van der Waals surface area (Å²) in [7, 11) is 1.64. The van der Waals surface area contributed by atoms with Crippen molar-refractivity contribution in [3.05, 3.63) is 51.8 Å². The number of benzene rings is 1. The summed E-state index contributed by atoms with van der Waals surface area (Å²) in [6.45, 7) is 5.00. The van der Waals surface area contributed by atoms with E-state index in [2.05, 4.69) is 0 Å². The van der Waals surface area contributed by atoms with Crippen molar-refractivity contribution in [3.8, 4) is 5.75 Å². The van der Waals surface area contributed by atoms with Crippen LogP contribution in [0.5, 0.6) is 5.75 Å². The first-order valence-electron chi connectivity index (χ1n) is 9.17.